The van der Waals surface area contributed by atoms with Crippen LogP contribution in [0, 0.1) is 0 Å². The largest absolute Gasteiger partial charge is 0.335 e. The molecule has 1 amide bonds. The molecule has 2 heterocycles. The van der Waals surface area contributed by atoms with E-state index in [1.807, 2.05) is 48.5 Å². The molecule has 134 valence electrons. The van der Waals surface area contributed by atoms with Crippen molar-refractivity contribution >= 4 is 34.1 Å². The first kappa shape index (κ1) is 17.0. The van der Waals surface area contributed by atoms with Crippen LogP contribution in [-0.4, -0.2) is 31.5 Å². The zero-order chi connectivity index (χ0) is 18.6. The molecule has 27 heavy (non-hydrogen) atoms. The number of nitrogens with one attached hydrogen (secondary N) is 1. The maximum atomic E-state index is 12.3. The molecule has 2 aromatic heterocycles. The van der Waals surface area contributed by atoms with Gasteiger partial charge in [-0.25, -0.2) is 4.68 Å². The Morgan fingerprint density at radius 2 is 1.93 bits per heavy atom. The van der Waals surface area contributed by atoms with Crippen LogP contribution in [0.25, 0.3) is 22.2 Å². The Morgan fingerprint density at radius 1 is 1.07 bits per heavy atom. The number of fused-ring (bicyclic) bond motifs is 1. The van der Waals surface area contributed by atoms with Gasteiger partial charge in [0.15, 0.2) is 5.82 Å². The van der Waals surface area contributed by atoms with Gasteiger partial charge in [0, 0.05) is 23.6 Å². The fourth-order valence-electron chi connectivity index (χ4n) is 2.66. The summed E-state index contributed by atoms with van der Waals surface area (Å²) in [5, 5.41) is 13.7. The molecule has 0 bridgehead atoms. The predicted octanol–water partition coefficient (Wildman–Crippen LogP) is 2.94. The van der Waals surface area contributed by atoms with Crippen LogP contribution in [0.3, 0.4) is 0 Å². The number of carbonyl (C=O) groups is 1. The Kier molecular flexibility index (Phi) is 4.71. The lowest BCUT2D eigenvalue weighted by Gasteiger charge is -2.07. The Bertz CT molecular complexity index is 1100. The number of carbonyl (C=O) groups excluding carboxylic acids is 1. The highest BCUT2D eigenvalue weighted by Gasteiger charge is 2.14. The van der Waals surface area contributed by atoms with E-state index < -0.39 is 0 Å². The van der Waals surface area contributed by atoms with Gasteiger partial charge in [0.1, 0.15) is 0 Å². The lowest BCUT2D eigenvalue weighted by atomic mass is 10.1. The lowest BCUT2D eigenvalue weighted by molar-refractivity contribution is -0.113. The fourth-order valence-corrected chi connectivity index (χ4v) is 3.32. The zero-order valence-corrected chi connectivity index (χ0v) is 15.1. The molecule has 7 nitrogen and oxygen atoms in total. The van der Waals surface area contributed by atoms with Crippen molar-refractivity contribution in [2.75, 3.05) is 16.9 Å². The van der Waals surface area contributed by atoms with E-state index in [1.165, 1.54) is 16.4 Å². The Balaban J connectivity index is 1.41. The topological polar surface area (TPSA) is 98.7 Å². The molecule has 3 N–H and O–H groups in total. The van der Waals surface area contributed by atoms with Crippen LogP contribution in [0.1, 0.15) is 0 Å². The minimum Gasteiger partial charge on any atom is -0.335 e. The second kappa shape index (κ2) is 7.46. The molecular weight excluding hydrogens is 360 g/mol. The number of hydrogen-bond donors (Lipinski definition) is 2. The van der Waals surface area contributed by atoms with E-state index in [2.05, 4.69) is 20.5 Å². The van der Waals surface area contributed by atoms with Crippen molar-refractivity contribution in [2.24, 2.45) is 0 Å². The molecule has 2 aromatic carbocycles. The first-order valence-electron chi connectivity index (χ1n) is 8.23. The van der Waals surface area contributed by atoms with Crippen molar-refractivity contribution in [2.45, 2.75) is 5.16 Å². The van der Waals surface area contributed by atoms with E-state index in [-0.39, 0.29) is 11.7 Å². The highest BCUT2D eigenvalue weighted by atomic mass is 32.2. The van der Waals surface area contributed by atoms with Gasteiger partial charge in [0.05, 0.1) is 5.75 Å². The number of rotatable bonds is 5. The number of amides is 1. The number of pyridine rings is 1. The maximum absolute atomic E-state index is 12.3. The highest BCUT2D eigenvalue weighted by molar-refractivity contribution is 7.99. The van der Waals surface area contributed by atoms with Crippen LogP contribution in [0.2, 0.25) is 0 Å². The number of anilines is 1. The second-order valence-electron chi connectivity index (χ2n) is 5.82. The standard InChI is InChI=1S/C19H16N6OS/c20-25-18(15-6-3-9-21-11-15)23-24-19(25)27-12-17(26)22-16-8-7-13-4-1-2-5-14(13)10-16/h1-11H,12,20H2,(H,22,26). The zero-order valence-electron chi connectivity index (χ0n) is 14.2. The SMILES string of the molecule is Nn1c(SCC(=O)Nc2ccc3ccccc3c2)nnc1-c1cccnc1. The minimum absolute atomic E-state index is 0.138. The number of aromatic nitrogens is 4. The molecule has 0 aliphatic carbocycles. The van der Waals surface area contributed by atoms with Gasteiger partial charge in [0.2, 0.25) is 11.1 Å². The Morgan fingerprint density at radius 3 is 2.74 bits per heavy atom. The third-order valence-corrected chi connectivity index (χ3v) is 4.89. The van der Waals surface area contributed by atoms with Crippen LogP contribution < -0.4 is 11.2 Å². The number of hydrogen-bond acceptors (Lipinski definition) is 6. The normalized spacial score (nSPS) is 10.8. The van der Waals surface area contributed by atoms with Gasteiger partial charge in [-0.3, -0.25) is 9.78 Å². The van der Waals surface area contributed by atoms with Crippen LogP contribution in [-0.2, 0) is 4.79 Å². The van der Waals surface area contributed by atoms with Crippen molar-refractivity contribution in [3.8, 4) is 11.4 Å². The summed E-state index contributed by atoms with van der Waals surface area (Å²) in [6, 6.07) is 17.5. The average molecular weight is 376 g/mol. The molecule has 0 fully saturated rings. The third kappa shape index (κ3) is 3.75. The maximum Gasteiger partial charge on any atom is 0.234 e. The highest BCUT2D eigenvalue weighted by Crippen LogP contribution is 2.22. The van der Waals surface area contributed by atoms with E-state index in [4.69, 9.17) is 5.84 Å². The summed E-state index contributed by atoms with van der Waals surface area (Å²) in [4.78, 5) is 16.3. The third-order valence-electron chi connectivity index (χ3n) is 3.95. The number of nitrogen functional groups attached to an aromatic ring is 1. The second-order valence-corrected chi connectivity index (χ2v) is 6.76. The van der Waals surface area contributed by atoms with E-state index >= 15 is 0 Å². The summed E-state index contributed by atoms with van der Waals surface area (Å²) in [5.74, 6) is 6.59. The minimum atomic E-state index is -0.138. The Labute approximate surface area is 159 Å². The molecule has 0 radical (unpaired) electrons. The van der Waals surface area contributed by atoms with Crippen molar-refractivity contribution in [1.29, 1.82) is 0 Å². The number of thioether (sulfide) groups is 1. The average Bonchev–Trinajstić information content (AvgIpc) is 3.07. The van der Waals surface area contributed by atoms with Gasteiger partial charge in [0.25, 0.3) is 0 Å². The number of benzene rings is 2. The molecule has 0 unspecified atom stereocenters. The predicted molar refractivity (Wildman–Crippen MR) is 107 cm³/mol. The first-order chi connectivity index (χ1) is 13.2. The van der Waals surface area contributed by atoms with E-state index in [0.29, 0.717) is 11.0 Å². The van der Waals surface area contributed by atoms with E-state index in [0.717, 1.165) is 22.0 Å². The first-order valence-corrected chi connectivity index (χ1v) is 9.21. The van der Waals surface area contributed by atoms with E-state index in [1.54, 1.807) is 18.5 Å². The van der Waals surface area contributed by atoms with Gasteiger partial charge in [-0.1, -0.05) is 42.1 Å². The van der Waals surface area contributed by atoms with Crippen LogP contribution in [0.15, 0.2) is 72.1 Å². The van der Waals surface area contributed by atoms with Gasteiger partial charge in [-0.05, 0) is 35.0 Å². The molecule has 0 aliphatic heterocycles. The summed E-state index contributed by atoms with van der Waals surface area (Å²) in [6.07, 6.45) is 3.34. The summed E-state index contributed by atoms with van der Waals surface area (Å²) < 4.78 is 1.37. The van der Waals surface area contributed by atoms with Gasteiger partial charge in [-0.15, -0.1) is 10.2 Å². The summed E-state index contributed by atoms with van der Waals surface area (Å²) in [7, 11) is 0. The van der Waals surface area contributed by atoms with E-state index in [9.17, 15) is 4.79 Å². The molecule has 4 aromatic rings. The number of nitrogens with zero attached hydrogens (tertiary/aromatic N) is 4. The molecule has 8 heteroatoms. The van der Waals surface area contributed by atoms with Crippen molar-refractivity contribution in [3.05, 3.63) is 67.0 Å². The summed E-state index contributed by atoms with van der Waals surface area (Å²) >= 11 is 1.23. The van der Waals surface area contributed by atoms with Crippen molar-refractivity contribution < 1.29 is 4.79 Å². The molecule has 0 saturated carbocycles. The quantitative estimate of drug-likeness (QED) is 0.410. The smallest absolute Gasteiger partial charge is 0.234 e. The molecule has 0 aliphatic rings. The monoisotopic (exact) mass is 376 g/mol. The summed E-state index contributed by atoms with van der Waals surface area (Å²) in [6.45, 7) is 0. The number of nitrogens with two attached hydrogens (primary N) is 1. The van der Waals surface area contributed by atoms with Crippen LogP contribution in [0.4, 0.5) is 5.69 Å². The molecule has 4 rings (SSSR count). The fraction of sp³-hybridized carbons (Fsp3) is 0.0526. The molecule has 0 spiro atoms. The molecular formula is C19H16N6OS. The summed E-state index contributed by atoms with van der Waals surface area (Å²) in [5.41, 5.74) is 1.52. The lowest BCUT2D eigenvalue weighted by Crippen LogP contribution is -2.16. The van der Waals surface area contributed by atoms with Crippen molar-refractivity contribution in [3.63, 3.8) is 0 Å². The van der Waals surface area contributed by atoms with Crippen LogP contribution in [0.5, 0.6) is 0 Å². The van der Waals surface area contributed by atoms with Gasteiger partial charge in [-0.2, -0.15) is 0 Å². The van der Waals surface area contributed by atoms with Gasteiger partial charge < -0.3 is 11.2 Å². The van der Waals surface area contributed by atoms with Gasteiger partial charge >= 0.3 is 0 Å². The molecule has 0 saturated heterocycles. The van der Waals surface area contributed by atoms with Crippen molar-refractivity contribution in [1.82, 2.24) is 19.9 Å². The Hall–Kier alpha value is -3.39. The van der Waals surface area contributed by atoms with Crippen LogP contribution >= 0.6 is 11.8 Å². The molecule has 0 atom stereocenters.